The highest BCUT2D eigenvalue weighted by Crippen LogP contribution is 2.20. The molecular formula is C19H23F3N4O. The second-order valence-electron chi connectivity index (χ2n) is 5.95. The van der Waals surface area contributed by atoms with Gasteiger partial charge in [-0.2, -0.15) is 8.78 Å². The van der Waals surface area contributed by atoms with E-state index < -0.39 is 6.61 Å². The van der Waals surface area contributed by atoms with Gasteiger partial charge >= 0.3 is 6.61 Å². The lowest BCUT2D eigenvalue weighted by atomic mass is 10.2. The van der Waals surface area contributed by atoms with Gasteiger partial charge in [-0.3, -0.25) is 4.99 Å². The quantitative estimate of drug-likeness (QED) is 0.571. The number of aliphatic imine (C=N–C) groups is 1. The topological polar surface area (TPSA) is 48.9 Å². The van der Waals surface area contributed by atoms with Gasteiger partial charge in [0.05, 0.1) is 5.69 Å². The summed E-state index contributed by atoms with van der Waals surface area (Å²) in [5.74, 6) is 0.260. The number of anilines is 1. The fraction of sp³-hybridized carbons (Fsp3) is 0.316. The fourth-order valence-corrected chi connectivity index (χ4v) is 2.47. The molecule has 0 radical (unpaired) electrons. The van der Waals surface area contributed by atoms with Crippen LogP contribution in [0.2, 0.25) is 0 Å². The van der Waals surface area contributed by atoms with Crippen molar-refractivity contribution in [3.05, 3.63) is 59.4 Å². The van der Waals surface area contributed by atoms with Crippen LogP contribution in [0.1, 0.15) is 11.1 Å². The van der Waals surface area contributed by atoms with Crippen molar-refractivity contribution in [3.8, 4) is 5.75 Å². The first-order valence-corrected chi connectivity index (χ1v) is 8.33. The van der Waals surface area contributed by atoms with E-state index in [1.54, 1.807) is 50.3 Å². The molecule has 146 valence electrons. The molecule has 2 aromatic rings. The van der Waals surface area contributed by atoms with Crippen LogP contribution in [0, 0.1) is 5.82 Å². The number of hydrogen-bond acceptors (Lipinski definition) is 3. The van der Waals surface area contributed by atoms with E-state index in [9.17, 15) is 13.2 Å². The molecule has 5 nitrogen and oxygen atoms in total. The minimum atomic E-state index is -2.89. The van der Waals surface area contributed by atoms with Gasteiger partial charge in [0, 0.05) is 39.8 Å². The lowest BCUT2D eigenvalue weighted by Crippen LogP contribution is -2.36. The van der Waals surface area contributed by atoms with Gasteiger partial charge < -0.3 is 20.3 Å². The van der Waals surface area contributed by atoms with Crippen molar-refractivity contribution in [1.82, 2.24) is 10.6 Å². The molecule has 0 unspecified atom stereocenters. The van der Waals surface area contributed by atoms with Gasteiger partial charge in [-0.05, 0) is 23.8 Å². The van der Waals surface area contributed by atoms with Crippen LogP contribution in [0.25, 0.3) is 0 Å². The first kappa shape index (κ1) is 20.4. The summed E-state index contributed by atoms with van der Waals surface area (Å²) in [6, 6.07) is 11.5. The van der Waals surface area contributed by atoms with Crippen LogP contribution in [0.5, 0.6) is 5.75 Å². The van der Waals surface area contributed by atoms with E-state index in [0.717, 1.165) is 5.56 Å². The van der Waals surface area contributed by atoms with Crippen LogP contribution < -0.4 is 20.3 Å². The number of benzene rings is 2. The molecule has 0 fully saturated rings. The third kappa shape index (κ3) is 6.09. The maximum Gasteiger partial charge on any atom is 0.387 e. The van der Waals surface area contributed by atoms with E-state index in [1.165, 1.54) is 12.1 Å². The molecule has 0 saturated carbocycles. The first-order chi connectivity index (χ1) is 12.9. The number of para-hydroxylation sites is 1. The Hall–Kier alpha value is -2.90. The lowest BCUT2D eigenvalue weighted by molar-refractivity contribution is -0.0504. The normalized spacial score (nSPS) is 11.4. The average Bonchev–Trinajstić information content (AvgIpc) is 2.62. The summed E-state index contributed by atoms with van der Waals surface area (Å²) in [6.07, 6.45) is 0. The number of halogens is 3. The molecular weight excluding hydrogens is 357 g/mol. The van der Waals surface area contributed by atoms with E-state index >= 15 is 0 Å². The summed E-state index contributed by atoms with van der Waals surface area (Å²) in [5.41, 5.74) is 1.83. The summed E-state index contributed by atoms with van der Waals surface area (Å²) in [5, 5.41) is 6.09. The molecule has 2 N–H and O–H groups in total. The zero-order valence-corrected chi connectivity index (χ0v) is 15.5. The predicted octanol–water partition coefficient (Wildman–Crippen LogP) is 3.36. The zero-order valence-electron chi connectivity index (χ0n) is 15.5. The Balaban J connectivity index is 1.95. The molecule has 0 amide bonds. The molecule has 2 aromatic carbocycles. The molecule has 0 aromatic heterocycles. The van der Waals surface area contributed by atoms with Crippen molar-refractivity contribution < 1.29 is 17.9 Å². The van der Waals surface area contributed by atoms with Crippen LogP contribution in [0.15, 0.2) is 47.5 Å². The van der Waals surface area contributed by atoms with Crippen molar-refractivity contribution >= 4 is 11.6 Å². The Morgan fingerprint density at radius 2 is 1.81 bits per heavy atom. The van der Waals surface area contributed by atoms with Gasteiger partial charge in [0.25, 0.3) is 0 Å². The van der Waals surface area contributed by atoms with Crippen LogP contribution in [-0.4, -0.2) is 33.7 Å². The minimum Gasteiger partial charge on any atom is -0.434 e. The van der Waals surface area contributed by atoms with Crippen molar-refractivity contribution in [2.75, 3.05) is 26.0 Å². The first-order valence-electron chi connectivity index (χ1n) is 8.33. The van der Waals surface area contributed by atoms with Gasteiger partial charge in [-0.15, -0.1) is 0 Å². The van der Waals surface area contributed by atoms with Crippen LogP contribution in [0.3, 0.4) is 0 Å². The van der Waals surface area contributed by atoms with Crippen LogP contribution in [0.4, 0.5) is 18.9 Å². The molecule has 0 saturated heterocycles. The molecule has 0 aliphatic heterocycles. The van der Waals surface area contributed by atoms with Crippen LogP contribution >= 0.6 is 0 Å². The molecule has 27 heavy (non-hydrogen) atoms. The zero-order chi connectivity index (χ0) is 19.8. The monoisotopic (exact) mass is 380 g/mol. The summed E-state index contributed by atoms with van der Waals surface area (Å²) in [7, 11) is 5.14. The predicted molar refractivity (Wildman–Crippen MR) is 101 cm³/mol. The highest BCUT2D eigenvalue weighted by atomic mass is 19.3. The summed E-state index contributed by atoms with van der Waals surface area (Å²) >= 11 is 0. The number of hydrogen-bond donors (Lipinski definition) is 2. The second kappa shape index (κ2) is 9.70. The van der Waals surface area contributed by atoms with Crippen molar-refractivity contribution in [1.29, 1.82) is 0 Å². The number of nitrogens with zero attached hydrogens (tertiary/aromatic N) is 2. The molecule has 0 heterocycles. The van der Waals surface area contributed by atoms with Crippen molar-refractivity contribution in [2.24, 2.45) is 4.99 Å². The highest BCUT2D eigenvalue weighted by molar-refractivity contribution is 5.79. The van der Waals surface area contributed by atoms with E-state index in [-0.39, 0.29) is 18.1 Å². The largest absolute Gasteiger partial charge is 0.434 e. The van der Waals surface area contributed by atoms with E-state index in [0.29, 0.717) is 23.8 Å². The Kier molecular flexibility index (Phi) is 7.34. The highest BCUT2D eigenvalue weighted by Gasteiger charge is 2.10. The number of ether oxygens (including phenoxy) is 1. The SMILES string of the molecule is CN=C(NCc1ccc(N(C)C)c(F)c1)NCc1ccccc1OC(F)F. The third-order valence-corrected chi connectivity index (χ3v) is 3.81. The summed E-state index contributed by atoms with van der Waals surface area (Å²) in [6.45, 7) is -2.28. The van der Waals surface area contributed by atoms with Gasteiger partial charge in [0.15, 0.2) is 5.96 Å². The molecule has 0 aliphatic carbocycles. The number of rotatable bonds is 7. The number of nitrogens with one attached hydrogen (secondary N) is 2. The average molecular weight is 380 g/mol. The Morgan fingerprint density at radius 3 is 2.44 bits per heavy atom. The maximum atomic E-state index is 14.0. The van der Waals surface area contributed by atoms with Crippen molar-refractivity contribution in [3.63, 3.8) is 0 Å². The maximum absolute atomic E-state index is 14.0. The minimum absolute atomic E-state index is 0.108. The van der Waals surface area contributed by atoms with Gasteiger partial charge in [-0.25, -0.2) is 4.39 Å². The second-order valence-corrected chi connectivity index (χ2v) is 5.95. The smallest absolute Gasteiger partial charge is 0.387 e. The molecule has 0 atom stereocenters. The molecule has 2 rings (SSSR count). The van der Waals surface area contributed by atoms with E-state index in [2.05, 4.69) is 20.4 Å². The van der Waals surface area contributed by atoms with Gasteiger partial charge in [0.2, 0.25) is 0 Å². The van der Waals surface area contributed by atoms with Gasteiger partial charge in [0.1, 0.15) is 11.6 Å². The molecule has 0 bridgehead atoms. The standard InChI is InChI=1S/C19H23F3N4O/c1-23-19(24-11-13-8-9-16(26(2)3)15(20)10-13)25-12-14-6-4-5-7-17(14)27-18(21)22/h4-10,18H,11-12H2,1-3H3,(H2,23,24,25). The Bertz CT molecular complexity index is 781. The Labute approximate surface area is 156 Å². The fourth-order valence-electron chi connectivity index (χ4n) is 2.47. The van der Waals surface area contributed by atoms with Gasteiger partial charge in [-0.1, -0.05) is 24.3 Å². The van der Waals surface area contributed by atoms with Crippen LogP contribution in [-0.2, 0) is 13.1 Å². The number of guanidine groups is 1. The molecule has 8 heteroatoms. The summed E-state index contributed by atoms with van der Waals surface area (Å²) < 4.78 is 43.5. The van der Waals surface area contributed by atoms with E-state index in [1.807, 2.05) is 6.07 Å². The molecule has 0 aliphatic rings. The molecule has 0 spiro atoms. The van der Waals surface area contributed by atoms with Crippen molar-refractivity contribution in [2.45, 2.75) is 19.7 Å². The lowest BCUT2D eigenvalue weighted by Gasteiger charge is -2.16. The summed E-state index contributed by atoms with van der Waals surface area (Å²) in [4.78, 5) is 5.78. The Morgan fingerprint density at radius 1 is 1.11 bits per heavy atom. The van der Waals surface area contributed by atoms with E-state index in [4.69, 9.17) is 0 Å². The number of alkyl halides is 2. The third-order valence-electron chi connectivity index (χ3n) is 3.81.